The molecule has 0 aliphatic heterocycles. The Labute approximate surface area is 131 Å². The summed E-state index contributed by atoms with van der Waals surface area (Å²) in [6.45, 7) is 5.07. The zero-order chi connectivity index (χ0) is 14.7. The Kier molecular flexibility index (Phi) is 5.05. The number of anilines is 1. The molecule has 5 heteroatoms. The molecule has 108 valence electrons. The summed E-state index contributed by atoms with van der Waals surface area (Å²) in [6, 6.07) is 5.88. The van der Waals surface area contributed by atoms with Gasteiger partial charge in [0.05, 0.1) is 5.69 Å². The highest BCUT2D eigenvalue weighted by atomic mass is 79.9. The van der Waals surface area contributed by atoms with E-state index in [9.17, 15) is 4.79 Å². The van der Waals surface area contributed by atoms with E-state index in [1.807, 2.05) is 18.2 Å². The number of nitrogen functional groups attached to an aromatic ring is 1. The van der Waals surface area contributed by atoms with Gasteiger partial charge in [-0.25, -0.2) is 0 Å². The van der Waals surface area contributed by atoms with E-state index in [1.54, 1.807) is 0 Å². The van der Waals surface area contributed by atoms with E-state index in [0.717, 1.165) is 27.4 Å². The van der Waals surface area contributed by atoms with Gasteiger partial charge in [0.1, 0.15) is 4.88 Å². The van der Waals surface area contributed by atoms with Crippen LogP contribution in [0.4, 0.5) is 5.69 Å². The maximum atomic E-state index is 12.2. The summed E-state index contributed by atoms with van der Waals surface area (Å²) in [5, 5.41) is 3.90. The molecule has 1 amide bonds. The van der Waals surface area contributed by atoms with Crippen molar-refractivity contribution < 1.29 is 4.79 Å². The highest BCUT2D eigenvalue weighted by molar-refractivity contribution is 9.10. The standard InChI is InChI=1S/C15H19BrN2OS/c1-9(2)4-3-7-18-15(19)14-13(17)11-6-5-10(16)8-12(11)20-14/h5-6,8-9H,3-4,7,17H2,1-2H3,(H,18,19). The third kappa shape index (κ3) is 3.52. The number of benzene rings is 1. The summed E-state index contributed by atoms with van der Waals surface area (Å²) < 4.78 is 2.03. The molecule has 0 saturated carbocycles. The van der Waals surface area contributed by atoms with Gasteiger partial charge in [-0.1, -0.05) is 35.8 Å². The topological polar surface area (TPSA) is 55.1 Å². The maximum Gasteiger partial charge on any atom is 0.263 e. The van der Waals surface area contributed by atoms with E-state index in [2.05, 4.69) is 35.1 Å². The number of nitrogens with one attached hydrogen (secondary N) is 1. The molecule has 0 aliphatic carbocycles. The Morgan fingerprint density at radius 1 is 1.45 bits per heavy atom. The summed E-state index contributed by atoms with van der Waals surface area (Å²) >= 11 is 4.88. The number of carbonyl (C=O) groups is 1. The summed E-state index contributed by atoms with van der Waals surface area (Å²) in [6.07, 6.45) is 2.12. The average Bonchev–Trinajstić information content (AvgIpc) is 2.71. The molecule has 0 bridgehead atoms. The number of hydrogen-bond donors (Lipinski definition) is 2. The Balaban J connectivity index is 2.08. The molecule has 0 atom stereocenters. The van der Waals surface area contributed by atoms with Crippen molar-refractivity contribution in [1.82, 2.24) is 5.32 Å². The maximum absolute atomic E-state index is 12.2. The van der Waals surface area contributed by atoms with Gasteiger partial charge in [0.2, 0.25) is 0 Å². The zero-order valence-corrected chi connectivity index (χ0v) is 14.1. The van der Waals surface area contributed by atoms with Crippen molar-refractivity contribution in [2.24, 2.45) is 5.92 Å². The van der Waals surface area contributed by atoms with Gasteiger partial charge in [0.25, 0.3) is 5.91 Å². The molecule has 2 rings (SSSR count). The van der Waals surface area contributed by atoms with Gasteiger partial charge in [-0.2, -0.15) is 0 Å². The van der Waals surface area contributed by atoms with E-state index in [4.69, 9.17) is 5.73 Å². The molecule has 1 heterocycles. The van der Waals surface area contributed by atoms with Crippen molar-refractivity contribution >= 4 is 48.9 Å². The SMILES string of the molecule is CC(C)CCCNC(=O)c1sc2cc(Br)ccc2c1N. The Hall–Kier alpha value is -1.07. The van der Waals surface area contributed by atoms with Gasteiger partial charge < -0.3 is 11.1 Å². The number of amides is 1. The van der Waals surface area contributed by atoms with Gasteiger partial charge in [0.15, 0.2) is 0 Å². The number of hydrogen-bond acceptors (Lipinski definition) is 3. The molecule has 0 fully saturated rings. The second kappa shape index (κ2) is 6.59. The fraction of sp³-hybridized carbons (Fsp3) is 0.400. The lowest BCUT2D eigenvalue weighted by molar-refractivity contribution is 0.0957. The van der Waals surface area contributed by atoms with Crippen LogP contribution in [0.1, 0.15) is 36.4 Å². The van der Waals surface area contributed by atoms with Crippen molar-refractivity contribution in [2.45, 2.75) is 26.7 Å². The molecule has 0 unspecified atom stereocenters. The third-order valence-corrected chi connectivity index (χ3v) is 4.80. The highest BCUT2D eigenvalue weighted by Gasteiger charge is 2.16. The van der Waals surface area contributed by atoms with E-state index in [-0.39, 0.29) is 5.91 Å². The van der Waals surface area contributed by atoms with Crippen LogP contribution in [0, 0.1) is 5.92 Å². The third-order valence-electron chi connectivity index (χ3n) is 3.14. The van der Waals surface area contributed by atoms with Crippen LogP contribution in [0.5, 0.6) is 0 Å². The lowest BCUT2D eigenvalue weighted by Crippen LogP contribution is -2.24. The molecule has 1 aromatic heterocycles. The van der Waals surface area contributed by atoms with Crippen molar-refractivity contribution in [3.63, 3.8) is 0 Å². The number of thiophene rings is 1. The fourth-order valence-electron chi connectivity index (χ4n) is 2.05. The molecular formula is C15H19BrN2OS. The first-order valence-electron chi connectivity index (χ1n) is 6.74. The summed E-state index contributed by atoms with van der Waals surface area (Å²) in [7, 11) is 0. The molecular weight excluding hydrogens is 336 g/mol. The van der Waals surface area contributed by atoms with Gasteiger partial charge in [0, 0.05) is 21.1 Å². The minimum absolute atomic E-state index is 0.0661. The van der Waals surface area contributed by atoms with Crippen LogP contribution in [-0.4, -0.2) is 12.5 Å². The van der Waals surface area contributed by atoms with Crippen molar-refractivity contribution in [3.8, 4) is 0 Å². The molecule has 1 aromatic carbocycles. The molecule has 3 nitrogen and oxygen atoms in total. The number of carbonyl (C=O) groups excluding carboxylic acids is 1. The van der Waals surface area contributed by atoms with Crippen LogP contribution >= 0.6 is 27.3 Å². The van der Waals surface area contributed by atoms with Crippen LogP contribution in [0.3, 0.4) is 0 Å². The normalized spacial score (nSPS) is 11.2. The Morgan fingerprint density at radius 2 is 2.20 bits per heavy atom. The average molecular weight is 355 g/mol. The molecule has 3 N–H and O–H groups in total. The molecule has 0 saturated heterocycles. The molecule has 0 radical (unpaired) electrons. The quantitative estimate of drug-likeness (QED) is 0.781. The van der Waals surface area contributed by atoms with Crippen LogP contribution in [0.2, 0.25) is 0 Å². The summed E-state index contributed by atoms with van der Waals surface area (Å²) in [4.78, 5) is 12.8. The first-order valence-corrected chi connectivity index (χ1v) is 8.35. The number of rotatable bonds is 5. The van der Waals surface area contributed by atoms with E-state index < -0.39 is 0 Å². The van der Waals surface area contributed by atoms with Crippen molar-refractivity contribution in [3.05, 3.63) is 27.5 Å². The summed E-state index contributed by atoms with van der Waals surface area (Å²) in [5.41, 5.74) is 6.66. The van der Waals surface area contributed by atoms with Crippen LogP contribution in [0.25, 0.3) is 10.1 Å². The second-order valence-corrected chi connectivity index (χ2v) is 7.25. The first kappa shape index (κ1) is 15.3. The minimum atomic E-state index is -0.0661. The van der Waals surface area contributed by atoms with Gasteiger partial charge in [-0.05, 0) is 30.9 Å². The molecule has 2 aromatic rings. The Bertz CT molecular complexity index is 622. The van der Waals surface area contributed by atoms with Crippen molar-refractivity contribution in [2.75, 3.05) is 12.3 Å². The van der Waals surface area contributed by atoms with E-state index in [1.165, 1.54) is 11.3 Å². The predicted molar refractivity (Wildman–Crippen MR) is 90.3 cm³/mol. The van der Waals surface area contributed by atoms with Crippen LogP contribution in [-0.2, 0) is 0 Å². The van der Waals surface area contributed by atoms with Gasteiger partial charge >= 0.3 is 0 Å². The van der Waals surface area contributed by atoms with E-state index >= 15 is 0 Å². The van der Waals surface area contributed by atoms with Crippen LogP contribution in [0.15, 0.2) is 22.7 Å². The van der Waals surface area contributed by atoms with E-state index in [0.29, 0.717) is 23.0 Å². The molecule has 0 spiro atoms. The van der Waals surface area contributed by atoms with Crippen molar-refractivity contribution in [1.29, 1.82) is 0 Å². The first-order chi connectivity index (χ1) is 9.49. The predicted octanol–water partition coefficient (Wildman–Crippen LogP) is 4.41. The van der Waals surface area contributed by atoms with Crippen LogP contribution < -0.4 is 11.1 Å². The molecule has 0 aliphatic rings. The lowest BCUT2D eigenvalue weighted by atomic mass is 10.1. The zero-order valence-electron chi connectivity index (χ0n) is 11.7. The minimum Gasteiger partial charge on any atom is -0.397 e. The monoisotopic (exact) mass is 354 g/mol. The van der Waals surface area contributed by atoms with Gasteiger partial charge in [-0.3, -0.25) is 4.79 Å². The second-order valence-electron chi connectivity index (χ2n) is 5.28. The lowest BCUT2D eigenvalue weighted by Gasteiger charge is -2.06. The number of fused-ring (bicyclic) bond motifs is 1. The Morgan fingerprint density at radius 3 is 2.90 bits per heavy atom. The largest absolute Gasteiger partial charge is 0.397 e. The molecule has 20 heavy (non-hydrogen) atoms. The summed E-state index contributed by atoms with van der Waals surface area (Å²) in [5.74, 6) is 0.599. The number of nitrogens with two attached hydrogens (primary N) is 1. The highest BCUT2D eigenvalue weighted by Crippen LogP contribution is 2.35. The smallest absolute Gasteiger partial charge is 0.263 e. The fourth-order valence-corrected chi connectivity index (χ4v) is 3.64. The number of halogens is 1. The van der Waals surface area contributed by atoms with Gasteiger partial charge in [-0.15, -0.1) is 11.3 Å².